The lowest BCUT2D eigenvalue weighted by molar-refractivity contribution is -0.192. The zero-order valence-corrected chi connectivity index (χ0v) is 8.07. The highest BCUT2D eigenvalue weighted by Crippen LogP contribution is 2.42. The highest BCUT2D eigenvalue weighted by molar-refractivity contribution is 5.97. The van der Waals surface area contributed by atoms with Gasteiger partial charge in [0.05, 0.1) is 0 Å². The maximum absolute atomic E-state index is 11.4. The average molecular weight is 194 g/mol. The molecule has 2 aliphatic carbocycles. The van der Waals surface area contributed by atoms with E-state index in [4.69, 9.17) is 9.47 Å². The minimum absolute atomic E-state index is 0.0671. The van der Waals surface area contributed by atoms with Crippen LogP contribution < -0.4 is 0 Å². The summed E-state index contributed by atoms with van der Waals surface area (Å²) >= 11 is 0. The standard InChI is InChI=1S/C11H14O3/c12-8-4-5-9-10(8)14-11(13-9)6-2-1-3-7-11/h4-5,9-10H,1-3,6-7H2/t9-,10?/m1/s1. The molecule has 14 heavy (non-hydrogen) atoms. The van der Waals surface area contributed by atoms with E-state index in [1.54, 1.807) is 6.08 Å². The predicted molar refractivity (Wildman–Crippen MR) is 49.7 cm³/mol. The molecule has 0 aromatic rings. The van der Waals surface area contributed by atoms with Crippen LogP contribution in [0.3, 0.4) is 0 Å². The van der Waals surface area contributed by atoms with Gasteiger partial charge in [-0.05, 0) is 25.0 Å². The summed E-state index contributed by atoms with van der Waals surface area (Å²) in [6.07, 6.45) is 8.40. The van der Waals surface area contributed by atoms with Crippen molar-refractivity contribution in [3.8, 4) is 0 Å². The van der Waals surface area contributed by atoms with Gasteiger partial charge in [-0.25, -0.2) is 0 Å². The minimum Gasteiger partial charge on any atom is -0.339 e. The van der Waals surface area contributed by atoms with Gasteiger partial charge < -0.3 is 9.47 Å². The molecule has 0 bridgehead atoms. The Balaban J connectivity index is 1.80. The zero-order chi connectivity index (χ0) is 9.60. The van der Waals surface area contributed by atoms with Gasteiger partial charge in [0.25, 0.3) is 0 Å². The Morgan fingerprint density at radius 3 is 2.71 bits per heavy atom. The summed E-state index contributed by atoms with van der Waals surface area (Å²) in [5, 5.41) is 0. The monoisotopic (exact) mass is 194 g/mol. The van der Waals surface area contributed by atoms with Crippen molar-refractivity contribution in [1.29, 1.82) is 0 Å². The van der Waals surface area contributed by atoms with Gasteiger partial charge in [-0.3, -0.25) is 4.79 Å². The summed E-state index contributed by atoms with van der Waals surface area (Å²) in [6, 6.07) is 0. The summed E-state index contributed by atoms with van der Waals surface area (Å²) in [6.45, 7) is 0. The van der Waals surface area contributed by atoms with Gasteiger partial charge in [-0.1, -0.05) is 6.42 Å². The molecule has 3 rings (SSSR count). The second kappa shape index (κ2) is 2.91. The lowest BCUT2D eigenvalue weighted by Gasteiger charge is -2.31. The van der Waals surface area contributed by atoms with Crippen LogP contribution in [-0.2, 0) is 14.3 Å². The Hall–Kier alpha value is -0.670. The number of ether oxygens (including phenoxy) is 2. The topological polar surface area (TPSA) is 35.5 Å². The van der Waals surface area contributed by atoms with Crippen LogP contribution >= 0.6 is 0 Å². The number of carbonyl (C=O) groups is 1. The van der Waals surface area contributed by atoms with Crippen molar-refractivity contribution < 1.29 is 14.3 Å². The summed E-state index contributed by atoms with van der Waals surface area (Å²) < 4.78 is 11.6. The first-order chi connectivity index (χ1) is 6.79. The molecule has 3 aliphatic rings. The Morgan fingerprint density at radius 1 is 1.21 bits per heavy atom. The summed E-state index contributed by atoms with van der Waals surface area (Å²) in [7, 11) is 0. The quantitative estimate of drug-likeness (QED) is 0.587. The normalized spacial score (nSPS) is 39.3. The Labute approximate surface area is 83.1 Å². The average Bonchev–Trinajstić information content (AvgIpc) is 2.68. The third kappa shape index (κ3) is 1.16. The van der Waals surface area contributed by atoms with Crippen LogP contribution in [0, 0.1) is 0 Å². The van der Waals surface area contributed by atoms with E-state index in [1.165, 1.54) is 6.42 Å². The smallest absolute Gasteiger partial charge is 0.187 e. The third-order valence-corrected chi connectivity index (χ3v) is 3.34. The van der Waals surface area contributed by atoms with Gasteiger partial charge >= 0.3 is 0 Å². The van der Waals surface area contributed by atoms with Crippen molar-refractivity contribution in [3.05, 3.63) is 12.2 Å². The lowest BCUT2D eigenvalue weighted by Crippen LogP contribution is -2.34. The van der Waals surface area contributed by atoms with E-state index >= 15 is 0 Å². The van der Waals surface area contributed by atoms with Gasteiger partial charge in [-0.15, -0.1) is 0 Å². The fourth-order valence-corrected chi connectivity index (χ4v) is 2.61. The summed E-state index contributed by atoms with van der Waals surface area (Å²) in [5.74, 6) is -0.356. The van der Waals surface area contributed by atoms with E-state index in [-0.39, 0.29) is 18.0 Å². The number of carbonyl (C=O) groups excluding carboxylic acids is 1. The van der Waals surface area contributed by atoms with Gasteiger partial charge in [0.15, 0.2) is 17.7 Å². The van der Waals surface area contributed by atoms with Crippen molar-refractivity contribution in [2.24, 2.45) is 0 Å². The molecule has 1 unspecified atom stereocenters. The van der Waals surface area contributed by atoms with E-state index in [2.05, 4.69) is 0 Å². The maximum atomic E-state index is 11.4. The first-order valence-electron chi connectivity index (χ1n) is 5.37. The first-order valence-corrected chi connectivity index (χ1v) is 5.37. The van der Waals surface area contributed by atoms with Crippen molar-refractivity contribution in [3.63, 3.8) is 0 Å². The van der Waals surface area contributed by atoms with Gasteiger partial charge in [-0.2, -0.15) is 0 Å². The number of hydrogen-bond acceptors (Lipinski definition) is 3. The van der Waals surface area contributed by atoms with Crippen LogP contribution in [0.15, 0.2) is 12.2 Å². The van der Waals surface area contributed by atoms with Gasteiger partial charge in [0, 0.05) is 12.8 Å². The van der Waals surface area contributed by atoms with Gasteiger partial charge in [0.2, 0.25) is 0 Å². The summed E-state index contributed by atoms with van der Waals surface area (Å²) in [4.78, 5) is 11.4. The van der Waals surface area contributed by atoms with Crippen molar-refractivity contribution in [2.45, 2.75) is 50.1 Å². The van der Waals surface area contributed by atoms with Crippen molar-refractivity contribution in [2.75, 3.05) is 0 Å². The number of hydrogen-bond donors (Lipinski definition) is 0. The van der Waals surface area contributed by atoms with Crippen LogP contribution in [0.5, 0.6) is 0 Å². The molecule has 1 heterocycles. The highest BCUT2D eigenvalue weighted by Gasteiger charge is 2.51. The summed E-state index contributed by atoms with van der Waals surface area (Å²) in [5.41, 5.74) is 0. The number of fused-ring (bicyclic) bond motifs is 1. The molecular weight excluding hydrogens is 180 g/mol. The molecule has 76 valence electrons. The third-order valence-electron chi connectivity index (χ3n) is 3.34. The van der Waals surface area contributed by atoms with Gasteiger partial charge in [0.1, 0.15) is 6.10 Å². The van der Waals surface area contributed by atoms with E-state index in [9.17, 15) is 4.79 Å². The highest BCUT2D eigenvalue weighted by atomic mass is 16.8. The fraction of sp³-hybridized carbons (Fsp3) is 0.727. The van der Waals surface area contributed by atoms with Crippen molar-refractivity contribution in [1.82, 2.24) is 0 Å². The second-order valence-corrected chi connectivity index (χ2v) is 4.35. The van der Waals surface area contributed by atoms with Crippen LogP contribution in [0.25, 0.3) is 0 Å². The largest absolute Gasteiger partial charge is 0.339 e. The molecule has 0 aromatic carbocycles. The Morgan fingerprint density at radius 2 is 2.00 bits per heavy atom. The SMILES string of the molecule is O=C1C=C[C@H]2OC3(CCCCC3)OC12. The molecule has 0 radical (unpaired) electrons. The lowest BCUT2D eigenvalue weighted by atomic mass is 9.94. The second-order valence-electron chi connectivity index (χ2n) is 4.35. The first kappa shape index (κ1) is 8.62. The molecule has 1 saturated heterocycles. The predicted octanol–water partition coefficient (Wildman–Crippen LogP) is 1.57. The van der Waals surface area contributed by atoms with Crippen LogP contribution in [0.2, 0.25) is 0 Å². The fourth-order valence-electron chi connectivity index (χ4n) is 2.61. The van der Waals surface area contributed by atoms with Crippen LogP contribution in [-0.4, -0.2) is 23.8 Å². The van der Waals surface area contributed by atoms with E-state index < -0.39 is 5.79 Å². The molecular formula is C11H14O3. The number of rotatable bonds is 0. The number of ketones is 1. The zero-order valence-electron chi connectivity index (χ0n) is 8.07. The molecule has 3 nitrogen and oxygen atoms in total. The van der Waals surface area contributed by atoms with Crippen LogP contribution in [0.1, 0.15) is 32.1 Å². The molecule has 1 saturated carbocycles. The molecule has 1 aliphatic heterocycles. The van der Waals surface area contributed by atoms with E-state index in [0.29, 0.717) is 0 Å². The van der Waals surface area contributed by atoms with E-state index in [0.717, 1.165) is 25.7 Å². The maximum Gasteiger partial charge on any atom is 0.187 e. The molecule has 3 heteroatoms. The molecule has 1 spiro atoms. The molecule has 0 N–H and O–H groups in total. The molecule has 2 fully saturated rings. The molecule has 2 atom stereocenters. The van der Waals surface area contributed by atoms with Crippen LogP contribution in [0.4, 0.5) is 0 Å². The Kier molecular flexibility index (Phi) is 1.79. The van der Waals surface area contributed by atoms with Crippen molar-refractivity contribution >= 4 is 5.78 Å². The molecule has 0 aromatic heterocycles. The Bertz CT molecular complexity index is 289. The van der Waals surface area contributed by atoms with E-state index in [1.807, 2.05) is 6.08 Å². The molecule has 0 amide bonds. The minimum atomic E-state index is -0.423.